The molecule has 0 saturated heterocycles. The topological polar surface area (TPSA) is 46.6 Å². The summed E-state index contributed by atoms with van der Waals surface area (Å²) in [7, 11) is 0. The molecule has 1 atom stereocenters. The third-order valence-corrected chi connectivity index (χ3v) is 4.28. The fourth-order valence-electron chi connectivity index (χ4n) is 2.91. The zero-order valence-electron chi connectivity index (χ0n) is 14.0. The minimum atomic E-state index is -0.411. The van der Waals surface area contributed by atoms with Gasteiger partial charge in [0, 0.05) is 18.7 Å². The lowest BCUT2D eigenvalue weighted by Gasteiger charge is -2.30. The molecule has 1 aliphatic heterocycles. The molecule has 2 aromatic rings. The van der Waals surface area contributed by atoms with Crippen molar-refractivity contribution < 1.29 is 14.3 Å². The van der Waals surface area contributed by atoms with Gasteiger partial charge in [0.1, 0.15) is 6.61 Å². The van der Waals surface area contributed by atoms with Crippen molar-refractivity contribution in [3.8, 4) is 0 Å². The van der Waals surface area contributed by atoms with E-state index in [9.17, 15) is 9.59 Å². The van der Waals surface area contributed by atoms with Crippen LogP contribution in [0.5, 0.6) is 0 Å². The van der Waals surface area contributed by atoms with Crippen LogP contribution in [-0.2, 0) is 22.6 Å². The van der Waals surface area contributed by atoms with Gasteiger partial charge >= 0.3 is 6.09 Å². The van der Waals surface area contributed by atoms with E-state index in [2.05, 4.69) is 12.1 Å². The van der Waals surface area contributed by atoms with Gasteiger partial charge < -0.3 is 4.74 Å². The van der Waals surface area contributed by atoms with Crippen molar-refractivity contribution in [2.75, 3.05) is 0 Å². The number of ether oxygens (including phenoxy) is 1. The molecule has 0 spiro atoms. The molecule has 128 valence electrons. The number of carbonyl (C=O) groups excluding carboxylic acids is 2. The number of amides is 1. The summed E-state index contributed by atoms with van der Waals surface area (Å²) in [5.41, 5.74) is 2.14. The predicted octanol–water partition coefficient (Wildman–Crippen LogP) is 4.11. The summed E-state index contributed by atoms with van der Waals surface area (Å²) in [5.74, 6) is 0.0465. The Kier molecular flexibility index (Phi) is 5.62. The van der Waals surface area contributed by atoms with Crippen molar-refractivity contribution in [3.63, 3.8) is 0 Å². The maximum absolute atomic E-state index is 12.4. The second kappa shape index (κ2) is 8.29. The highest BCUT2D eigenvalue weighted by Gasteiger charge is 2.28. The van der Waals surface area contributed by atoms with Crippen molar-refractivity contribution in [3.05, 3.63) is 84.1 Å². The zero-order chi connectivity index (χ0) is 17.5. The van der Waals surface area contributed by atoms with Crippen LogP contribution >= 0.6 is 0 Å². The lowest BCUT2D eigenvalue weighted by Crippen LogP contribution is -2.40. The monoisotopic (exact) mass is 335 g/mol. The van der Waals surface area contributed by atoms with Crippen molar-refractivity contribution >= 4 is 11.9 Å². The normalized spacial score (nSPS) is 16.7. The average Bonchev–Trinajstić information content (AvgIpc) is 2.66. The van der Waals surface area contributed by atoms with E-state index in [4.69, 9.17) is 4.74 Å². The first-order chi connectivity index (χ1) is 12.2. The van der Waals surface area contributed by atoms with Crippen molar-refractivity contribution in [2.45, 2.75) is 31.9 Å². The molecule has 0 unspecified atom stereocenters. The third kappa shape index (κ3) is 4.80. The number of hydrogen-bond donors (Lipinski definition) is 0. The smallest absolute Gasteiger partial charge is 0.414 e. The molecule has 0 aromatic heterocycles. The van der Waals surface area contributed by atoms with E-state index >= 15 is 0 Å². The van der Waals surface area contributed by atoms with E-state index in [1.165, 1.54) is 11.6 Å². The molecule has 0 aliphatic carbocycles. The minimum absolute atomic E-state index is 0.0465. The van der Waals surface area contributed by atoms with Gasteiger partial charge in [0.2, 0.25) is 0 Å². The first kappa shape index (κ1) is 17.0. The highest BCUT2D eigenvalue weighted by molar-refractivity contribution is 5.92. The Hall–Kier alpha value is -2.88. The zero-order valence-corrected chi connectivity index (χ0v) is 14.0. The number of aryl methyl sites for hydroxylation is 1. The molecule has 0 saturated carbocycles. The number of rotatable bonds is 5. The number of allylic oxidation sites excluding steroid dienone is 1. The van der Waals surface area contributed by atoms with Gasteiger partial charge in [-0.2, -0.15) is 0 Å². The van der Waals surface area contributed by atoms with Crippen molar-refractivity contribution in [1.82, 2.24) is 4.90 Å². The molecule has 4 nitrogen and oxygen atoms in total. The molecular formula is C21H21NO3. The summed E-state index contributed by atoms with van der Waals surface area (Å²) < 4.78 is 5.41. The molecule has 0 fully saturated rings. The Balaban J connectivity index is 1.61. The molecular weight excluding hydrogens is 314 g/mol. The third-order valence-electron chi connectivity index (χ3n) is 4.28. The van der Waals surface area contributed by atoms with Crippen LogP contribution < -0.4 is 0 Å². The average molecular weight is 335 g/mol. The summed E-state index contributed by atoms with van der Waals surface area (Å²) in [5, 5.41) is 0. The number of carbonyl (C=O) groups is 2. The van der Waals surface area contributed by atoms with Gasteiger partial charge in [0.25, 0.3) is 0 Å². The molecule has 3 rings (SSSR count). The van der Waals surface area contributed by atoms with Gasteiger partial charge in [-0.3, -0.25) is 9.69 Å². The Morgan fingerprint density at radius 1 is 1.00 bits per heavy atom. The lowest BCUT2D eigenvalue weighted by atomic mass is 9.98. The van der Waals surface area contributed by atoms with Crippen LogP contribution in [-0.4, -0.2) is 22.8 Å². The maximum atomic E-state index is 12.4. The molecule has 0 bridgehead atoms. The minimum Gasteiger partial charge on any atom is -0.444 e. The maximum Gasteiger partial charge on any atom is 0.414 e. The first-order valence-electron chi connectivity index (χ1n) is 8.46. The summed E-state index contributed by atoms with van der Waals surface area (Å²) in [4.78, 5) is 25.8. The predicted molar refractivity (Wildman–Crippen MR) is 95.8 cm³/mol. The largest absolute Gasteiger partial charge is 0.444 e. The van der Waals surface area contributed by atoms with Crippen LogP contribution in [0.3, 0.4) is 0 Å². The van der Waals surface area contributed by atoms with Crippen LogP contribution in [0, 0.1) is 0 Å². The lowest BCUT2D eigenvalue weighted by molar-refractivity contribution is -0.116. The SMILES string of the molecule is O=C1C=CN(C(=O)OCc2ccccc2)[C@@H](CCc2ccccc2)C1. The van der Waals surface area contributed by atoms with Gasteiger partial charge in [-0.05, 0) is 30.0 Å². The van der Waals surface area contributed by atoms with Crippen molar-refractivity contribution in [2.24, 2.45) is 0 Å². The molecule has 1 heterocycles. The molecule has 25 heavy (non-hydrogen) atoms. The fourth-order valence-corrected chi connectivity index (χ4v) is 2.91. The van der Waals surface area contributed by atoms with Gasteiger partial charge in [-0.25, -0.2) is 4.79 Å². The van der Waals surface area contributed by atoms with E-state index in [1.807, 2.05) is 48.5 Å². The molecule has 2 aromatic carbocycles. The number of ketones is 1. The summed E-state index contributed by atoms with van der Waals surface area (Å²) in [6.45, 7) is 0.226. The van der Waals surface area contributed by atoms with Gasteiger partial charge in [0.05, 0.1) is 0 Å². The van der Waals surface area contributed by atoms with Crippen LogP contribution in [0.4, 0.5) is 4.79 Å². The van der Waals surface area contributed by atoms with E-state index in [-0.39, 0.29) is 18.4 Å². The van der Waals surface area contributed by atoms with E-state index < -0.39 is 6.09 Å². The fraction of sp³-hybridized carbons (Fsp3) is 0.238. The van der Waals surface area contributed by atoms with E-state index in [0.29, 0.717) is 6.42 Å². The molecule has 0 N–H and O–H groups in total. The summed E-state index contributed by atoms with van der Waals surface area (Å²) in [6, 6.07) is 19.5. The molecule has 4 heteroatoms. The Bertz CT molecular complexity index is 740. The summed E-state index contributed by atoms with van der Waals surface area (Å²) >= 11 is 0. The molecule has 1 amide bonds. The van der Waals surface area contributed by atoms with Gasteiger partial charge in [-0.15, -0.1) is 0 Å². The van der Waals surface area contributed by atoms with Gasteiger partial charge in [-0.1, -0.05) is 60.7 Å². The van der Waals surface area contributed by atoms with Crippen LogP contribution in [0.1, 0.15) is 24.0 Å². The van der Waals surface area contributed by atoms with Crippen LogP contribution in [0.15, 0.2) is 72.9 Å². The standard InChI is InChI=1S/C21H21NO3/c23-20-13-14-22(21(24)25-16-18-9-5-2-6-10-18)19(15-20)12-11-17-7-3-1-4-8-17/h1-10,13-14,19H,11-12,15-16H2/t19-/m0/s1. The number of nitrogens with zero attached hydrogens (tertiary/aromatic N) is 1. The summed E-state index contributed by atoms with van der Waals surface area (Å²) in [6.07, 6.45) is 4.46. The Morgan fingerprint density at radius 2 is 1.64 bits per heavy atom. The highest BCUT2D eigenvalue weighted by Crippen LogP contribution is 2.20. The van der Waals surface area contributed by atoms with Crippen LogP contribution in [0.25, 0.3) is 0 Å². The molecule has 1 aliphatic rings. The van der Waals surface area contributed by atoms with Crippen LogP contribution in [0.2, 0.25) is 0 Å². The Morgan fingerprint density at radius 3 is 2.32 bits per heavy atom. The first-order valence-corrected chi connectivity index (χ1v) is 8.46. The second-order valence-electron chi connectivity index (χ2n) is 6.11. The second-order valence-corrected chi connectivity index (χ2v) is 6.11. The van der Waals surface area contributed by atoms with E-state index in [0.717, 1.165) is 18.4 Å². The van der Waals surface area contributed by atoms with E-state index in [1.54, 1.807) is 11.1 Å². The van der Waals surface area contributed by atoms with Gasteiger partial charge in [0.15, 0.2) is 5.78 Å². The molecule has 0 radical (unpaired) electrons. The quantitative estimate of drug-likeness (QED) is 0.826. The Labute approximate surface area is 147 Å². The number of benzene rings is 2. The highest BCUT2D eigenvalue weighted by atomic mass is 16.6. The van der Waals surface area contributed by atoms with Crippen molar-refractivity contribution in [1.29, 1.82) is 0 Å². The number of hydrogen-bond acceptors (Lipinski definition) is 3.